The van der Waals surface area contributed by atoms with Crippen molar-refractivity contribution < 1.29 is 19.0 Å². The van der Waals surface area contributed by atoms with E-state index in [-0.39, 0.29) is 5.91 Å². The second-order valence-electron chi connectivity index (χ2n) is 7.81. The summed E-state index contributed by atoms with van der Waals surface area (Å²) in [6, 6.07) is 3.23. The molecule has 1 atom stereocenters. The molecule has 182 valence electrons. The highest BCUT2D eigenvalue weighted by molar-refractivity contribution is 7.16. The zero-order chi connectivity index (χ0) is 24.5. The van der Waals surface area contributed by atoms with Crippen LogP contribution in [0, 0.1) is 0 Å². The van der Waals surface area contributed by atoms with Gasteiger partial charge in [-0.05, 0) is 12.8 Å². The van der Waals surface area contributed by atoms with Gasteiger partial charge >= 0.3 is 0 Å². The van der Waals surface area contributed by atoms with Crippen molar-refractivity contribution in [2.24, 2.45) is 5.73 Å². The molecule has 1 aliphatic rings. The molecule has 0 spiro atoms. The Morgan fingerprint density at radius 1 is 1.14 bits per heavy atom. The molecule has 1 unspecified atom stereocenters. The highest BCUT2D eigenvalue weighted by Crippen LogP contribution is 2.39. The molecule has 13 heteroatoms. The van der Waals surface area contributed by atoms with E-state index in [1.807, 2.05) is 27.8 Å². The Morgan fingerprint density at radius 3 is 2.60 bits per heavy atom. The maximum atomic E-state index is 11.9. The fraction of sp³-hybridized carbons (Fsp3) is 0.318. The minimum absolute atomic E-state index is 0.380. The molecule has 1 aliphatic heterocycles. The number of benzene rings is 1. The number of ether oxygens (including phenoxy) is 3. The fourth-order valence-corrected chi connectivity index (χ4v) is 4.79. The largest absolute Gasteiger partial charge is 0.493 e. The summed E-state index contributed by atoms with van der Waals surface area (Å²) < 4.78 is 18.1. The van der Waals surface area contributed by atoms with Crippen molar-refractivity contribution in [2.75, 3.05) is 38.1 Å². The molecule has 0 bridgehead atoms. The van der Waals surface area contributed by atoms with Gasteiger partial charge in [0.1, 0.15) is 23.7 Å². The summed E-state index contributed by atoms with van der Waals surface area (Å²) in [5, 5.41) is 3.24. The number of nitrogens with one attached hydrogen (secondary N) is 1. The molecule has 1 amide bonds. The first-order valence-corrected chi connectivity index (χ1v) is 11.7. The van der Waals surface area contributed by atoms with Crippen LogP contribution in [0.15, 0.2) is 30.2 Å². The Hall–Kier alpha value is -4.13. The van der Waals surface area contributed by atoms with Crippen LogP contribution in [0.1, 0.15) is 12.8 Å². The first kappa shape index (κ1) is 22.7. The van der Waals surface area contributed by atoms with Crippen LogP contribution in [0.4, 0.5) is 17.6 Å². The average molecular weight is 497 g/mol. The Labute approximate surface area is 204 Å². The van der Waals surface area contributed by atoms with Crippen LogP contribution in [0.25, 0.3) is 16.0 Å². The number of rotatable bonds is 8. The Balaban J connectivity index is 1.48. The van der Waals surface area contributed by atoms with E-state index in [1.54, 1.807) is 33.2 Å². The van der Waals surface area contributed by atoms with Gasteiger partial charge in [0.15, 0.2) is 22.1 Å². The summed E-state index contributed by atoms with van der Waals surface area (Å²) in [5.41, 5.74) is 8.69. The van der Waals surface area contributed by atoms with Gasteiger partial charge in [-0.3, -0.25) is 4.79 Å². The SMILES string of the molecule is COc1cc(-n2cnc(Nc3nc(N4CCCC4C(N)=O)nc4scnc34)c2)cc(OC)c1OC. The van der Waals surface area contributed by atoms with Crippen LogP contribution < -0.4 is 30.2 Å². The van der Waals surface area contributed by atoms with Gasteiger partial charge in [0.2, 0.25) is 17.6 Å². The van der Waals surface area contributed by atoms with Gasteiger partial charge in [-0.1, -0.05) is 0 Å². The van der Waals surface area contributed by atoms with Crippen molar-refractivity contribution in [2.45, 2.75) is 18.9 Å². The van der Waals surface area contributed by atoms with E-state index in [4.69, 9.17) is 19.9 Å². The molecule has 1 fully saturated rings. The third-order valence-corrected chi connectivity index (χ3v) is 6.52. The van der Waals surface area contributed by atoms with Gasteiger partial charge in [0, 0.05) is 18.7 Å². The lowest BCUT2D eigenvalue weighted by molar-refractivity contribution is -0.119. The molecule has 1 saturated heterocycles. The molecule has 4 heterocycles. The number of carbonyl (C=O) groups excluding carboxylic acids is 1. The van der Waals surface area contributed by atoms with Crippen LogP contribution in [0.5, 0.6) is 17.2 Å². The second-order valence-corrected chi connectivity index (χ2v) is 8.64. The van der Waals surface area contributed by atoms with Gasteiger partial charge in [0.05, 0.1) is 38.7 Å². The summed E-state index contributed by atoms with van der Waals surface area (Å²) in [6.45, 7) is 0.660. The molecule has 5 rings (SSSR count). The molecule has 3 aromatic heterocycles. The highest BCUT2D eigenvalue weighted by atomic mass is 32.1. The molecular weight excluding hydrogens is 472 g/mol. The van der Waals surface area contributed by atoms with Gasteiger partial charge in [-0.15, -0.1) is 11.3 Å². The minimum atomic E-state index is -0.424. The van der Waals surface area contributed by atoms with Crippen LogP contribution in [-0.4, -0.2) is 64.3 Å². The van der Waals surface area contributed by atoms with Gasteiger partial charge < -0.3 is 34.7 Å². The van der Waals surface area contributed by atoms with E-state index in [0.29, 0.717) is 58.1 Å². The van der Waals surface area contributed by atoms with Crippen molar-refractivity contribution in [1.29, 1.82) is 0 Å². The van der Waals surface area contributed by atoms with Gasteiger partial charge in [-0.2, -0.15) is 9.97 Å². The zero-order valence-corrected chi connectivity index (χ0v) is 20.2. The summed E-state index contributed by atoms with van der Waals surface area (Å²) in [7, 11) is 4.69. The second kappa shape index (κ2) is 9.25. The number of hydrogen-bond donors (Lipinski definition) is 2. The number of amides is 1. The topological polar surface area (TPSA) is 143 Å². The number of nitrogens with zero attached hydrogens (tertiary/aromatic N) is 6. The molecule has 12 nitrogen and oxygen atoms in total. The average Bonchev–Trinajstić information content (AvgIpc) is 3.63. The van der Waals surface area contributed by atoms with E-state index in [2.05, 4.69) is 25.3 Å². The fourth-order valence-electron chi connectivity index (χ4n) is 4.13. The number of fused-ring (bicyclic) bond motifs is 1. The molecule has 0 saturated carbocycles. The normalized spacial score (nSPS) is 15.4. The first-order valence-electron chi connectivity index (χ1n) is 10.8. The van der Waals surface area contributed by atoms with Crippen molar-refractivity contribution in [3.05, 3.63) is 30.2 Å². The van der Waals surface area contributed by atoms with Crippen LogP contribution in [0.3, 0.4) is 0 Å². The lowest BCUT2D eigenvalue weighted by Crippen LogP contribution is -2.41. The number of imidazole rings is 1. The number of primary amides is 1. The number of hydrogen-bond acceptors (Lipinski definition) is 11. The van der Waals surface area contributed by atoms with Gasteiger partial charge in [-0.25, -0.2) is 9.97 Å². The van der Waals surface area contributed by atoms with E-state index in [0.717, 1.165) is 12.1 Å². The maximum absolute atomic E-state index is 11.9. The Bertz CT molecular complexity index is 1360. The van der Waals surface area contributed by atoms with E-state index in [9.17, 15) is 4.79 Å². The van der Waals surface area contributed by atoms with Crippen molar-refractivity contribution >= 4 is 45.2 Å². The third-order valence-electron chi connectivity index (χ3n) is 5.80. The number of carbonyl (C=O) groups is 1. The zero-order valence-electron chi connectivity index (χ0n) is 19.4. The molecule has 1 aromatic carbocycles. The van der Waals surface area contributed by atoms with Crippen LogP contribution >= 0.6 is 11.3 Å². The molecule has 0 radical (unpaired) electrons. The maximum Gasteiger partial charge on any atom is 0.240 e. The van der Waals surface area contributed by atoms with Crippen molar-refractivity contribution in [1.82, 2.24) is 24.5 Å². The predicted molar refractivity (Wildman–Crippen MR) is 131 cm³/mol. The van der Waals surface area contributed by atoms with Gasteiger partial charge in [0.25, 0.3) is 0 Å². The van der Waals surface area contributed by atoms with Crippen molar-refractivity contribution in [3.8, 4) is 22.9 Å². The first-order chi connectivity index (χ1) is 17.0. The molecule has 4 aromatic rings. The summed E-state index contributed by atoms with van der Waals surface area (Å²) in [6.07, 6.45) is 5.00. The third kappa shape index (κ3) is 4.14. The number of aromatic nitrogens is 5. The quantitative estimate of drug-likeness (QED) is 0.373. The summed E-state index contributed by atoms with van der Waals surface area (Å²) in [5.74, 6) is 2.67. The van der Waals surface area contributed by atoms with E-state index in [1.165, 1.54) is 11.3 Å². The van der Waals surface area contributed by atoms with Crippen LogP contribution in [0.2, 0.25) is 0 Å². The number of methoxy groups -OCH3 is 3. The monoisotopic (exact) mass is 496 g/mol. The van der Waals surface area contributed by atoms with Crippen molar-refractivity contribution in [3.63, 3.8) is 0 Å². The number of nitrogens with two attached hydrogens (primary N) is 1. The standard InChI is InChI=1S/C22H24N8O4S/c1-32-14-7-12(8-15(33-2)18(14)34-3)29-9-16(24-10-29)26-20-17-21(35-11-25-17)28-22(27-20)30-6-4-5-13(30)19(23)31/h7-11,13H,4-6H2,1-3H3,(H2,23,31)(H,26,27,28). The molecule has 35 heavy (non-hydrogen) atoms. The van der Waals surface area contributed by atoms with Crippen LogP contribution in [-0.2, 0) is 4.79 Å². The lowest BCUT2D eigenvalue weighted by atomic mass is 10.2. The number of thiazole rings is 1. The number of anilines is 3. The predicted octanol–water partition coefficient (Wildman–Crippen LogP) is 2.50. The minimum Gasteiger partial charge on any atom is -0.493 e. The Morgan fingerprint density at radius 2 is 1.91 bits per heavy atom. The summed E-state index contributed by atoms with van der Waals surface area (Å²) >= 11 is 1.40. The van der Waals surface area contributed by atoms with E-state index >= 15 is 0 Å². The molecular formula is C22H24N8O4S. The van der Waals surface area contributed by atoms with E-state index < -0.39 is 6.04 Å². The molecule has 0 aliphatic carbocycles. The summed E-state index contributed by atoms with van der Waals surface area (Å²) in [4.78, 5) is 32.6. The smallest absolute Gasteiger partial charge is 0.240 e. The highest BCUT2D eigenvalue weighted by Gasteiger charge is 2.31. The Kier molecular flexibility index (Phi) is 5.99. The molecule has 3 N–H and O–H groups in total. The lowest BCUT2D eigenvalue weighted by Gasteiger charge is -2.22.